The van der Waals surface area contributed by atoms with Crippen LogP contribution in [0.4, 0.5) is 4.39 Å². The van der Waals surface area contributed by atoms with Crippen molar-refractivity contribution in [3.8, 4) is 0 Å². The first-order valence-corrected chi connectivity index (χ1v) is 6.90. The average molecular weight is 292 g/mol. The molecule has 0 N–H and O–H groups in total. The highest BCUT2D eigenvalue weighted by molar-refractivity contribution is 5.16. The van der Waals surface area contributed by atoms with E-state index in [2.05, 4.69) is 32.9 Å². The number of aryl methyl sites for hydroxylation is 2. The largest absolute Gasteiger partial charge is 0.207 e. The molecular weight excluding hydrogens is 259 g/mol. The van der Waals surface area contributed by atoms with Gasteiger partial charge in [-0.2, -0.15) is 0 Å². The molecule has 0 fully saturated rings. The summed E-state index contributed by atoms with van der Waals surface area (Å²) in [5.41, 5.74) is 2.11. The Labute approximate surface area is 132 Å². The van der Waals surface area contributed by atoms with Crippen molar-refractivity contribution in [1.82, 2.24) is 0 Å². The van der Waals surface area contributed by atoms with Gasteiger partial charge in [0.2, 0.25) is 0 Å². The highest BCUT2D eigenvalue weighted by atomic mass is 19.1. The Balaban J connectivity index is -0.000000245. The van der Waals surface area contributed by atoms with Crippen LogP contribution in [0.15, 0.2) is 54.6 Å². The van der Waals surface area contributed by atoms with Crippen LogP contribution >= 0.6 is 0 Å². The third-order valence-electron chi connectivity index (χ3n) is 2.28. The van der Waals surface area contributed by atoms with E-state index in [0.29, 0.717) is 0 Å². The van der Waals surface area contributed by atoms with Crippen LogP contribution < -0.4 is 0 Å². The maximum atomic E-state index is 12.6. The fourth-order valence-electron chi connectivity index (χ4n) is 1.32. The zero-order valence-electron chi connectivity index (χ0n) is 12.5. The molecule has 21 heavy (non-hydrogen) atoms. The molecule has 0 bridgehead atoms. The highest BCUT2D eigenvalue weighted by Gasteiger charge is 1.93. The molecule has 0 aliphatic rings. The topological polar surface area (TPSA) is 0 Å². The zero-order chi connectivity index (χ0) is 14.5. The molecule has 0 heterocycles. The van der Waals surface area contributed by atoms with Crippen molar-refractivity contribution in [2.24, 2.45) is 0 Å². The van der Waals surface area contributed by atoms with Crippen molar-refractivity contribution in [2.75, 3.05) is 0 Å². The second kappa shape index (κ2) is 16.4. The Morgan fingerprint density at radius 2 is 1.19 bits per heavy atom. The van der Waals surface area contributed by atoms with Crippen LogP contribution in [0, 0.1) is 12.7 Å². The molecule has 0 nitrogen and oxygen atoms in total. The Bertz CT molecular complexity index is 421. The molecule has 2 rings (SSSR count). The van der Waals surface area contributed by atoms with E-state index in [9.17, 15) is 4.39 Å². The minimum Gasteiger partial charge on any atom is -0.207 e. The Kier molecular flexibility index (Phi) is 19.1. The lowest BCUT2D eigenvalue weighted by molar-refractivity contribution is 0.612. The molecule has 0 unspecified atom stereocenters. The van der Waals surface area contributed by atoms with Crippen LogP contribution in [0.5, 0.6) is 0 Å². The van der Waals surface area contributed by atoms with Gasteiger partial charge >= 0.3 is 0 Å². The molecule has 0 atom stereocenters. The average Bonchev–Trinajstić information content (AvgIpc) is 2.42. The lowest BCUT2D eigenvalue weighted by atomic mass is 10.2. The fraction of sp³-hybridized carbons (Fsp3) is 0.400. The minimum atomic E-state index is -0.0972. The molecule has 0 saturated heterocycles. The molecule has 120 valence electrons. The lowest BCUT2D eigenvalue weighted by Gasteiger charge is -1.94. The number of benzene rings is 2. The highest BCUT2D eigenvalue weighted by Crippen LogP contribution is 2.05. The third kappa shape index (κ3) is 13.1. The fourth-order valence-corrected chi connectivity index (χ4v) is 1.32. The molecular formula is C20H33F. The minimum absolute atomic E-state index is 0. The number of hydrogen-bond acceptors (Lipinski definition) is 0. The maximum absolute atomic E-state index is 12.6. The second-order valence-corrected chi connectivity index (χ2v) is 4.31. The molecule has 0 spiro atoms. The van der Waals surface area contributed by atoms with Gasteiger partial charge in [-0.15, -0.1) is 0 Å². The zero-order valence-corrected chi connectivity index (χ0v) is 12.5. The smallest absolute Gasteiger partial charge is 0.126 e. The molecule has 0 aromatic heterocycles. The Hall–Kier alpha value is -1.63. The number of halogens is 1. The molecule has 0 amide bonds. The van der Waals surface area contributed by atoms with Crippen molar-refractivity contribution in [2.45, 2.75) is 55.4 Å². The quantitative estimate of drug-likeness (QED) is 0.527. The van der Waals surface area contributed by atoms with Gasteiger partial charge in [-0.3, -0.25) is 0 Å². The lowest BCUT2D eigenvalue weighted by Crippen LogP contribution is -1.83. The van der Waals surface area contributed by atoms with E-state index in [1.54, 1.807) is 12.1 Å². The van der Waals surface area contributed by atoms with Gasteiger partial charge in [0.25, 0.3) is 0 Å². The summed E-state index contributed by atoms with van der Waals surface area (Å²) in [5, 5.41) is 0. The first-order chi connectivity index (χ1) is 9.15. The number of hydrogen-bond donors (Lipinski definition) is 0. The van der Waals surface area contributed by atoms with Gasteiger partial charge in [0.15, 0.2) is 0 Å². The standard InChI is InChI=1S/C8H9F.C7H8.C3H8.2CH4/c1-2-7-5-3-4-6-8(7)9;1-7-5-3-2-4-6-7;1-3-2;;/h3-6H,2H2,1H3;2-6H,1H3;3H2,1-2H3;2*1H4. The first kappa shape index (κ1) is 24.4. The van der Waals surface area contributed by atoms with Gasteiger partial charge in [-0.05, 0) is 25.0 Å². The first-order valence-electron chi connectivity index (χ1n) is 6.90. The molecule has 0 aliphatic heterocycles. The van der Waals surface area contributed by atoms with Crippen molar-refractivity contribution >= 4 is 0 Å². The van der Waals surface area contributed by atoms with E-state index in [0.717, 1.165) is 12.0 Å². The molecule has 0 saturated carbocycles. The van der Waals surface area contributed by atoms with Crippen molar-refractivity contribution < 1.29 is 4.39 Å². The summed E-state index contributed by atoms with van der Waals surface area (Å²) in [6, 6.07) is 17.1. The summed E-state index contributed by atoms with van der Waals surface area (Å²) in [7, 11) is 0. The van der Waals surface area contributed by atoms with Crippen LogP contribution in [0.1, 0.15) is 53.2 Å². The summed E-state index contributed by atoms with van der Waals surface area (Å²) in [5.74, 6) is -0.0972. The number of rotatable bonds is 1. The van der Waals surface area contributed by atoms with E-state index in [4.69, 9.17) is 0 Å². The van der Waals surface area contributed by atoms with Gasteiger partial charge in [-0.1, -0.05) is 96.1 Å². The van der Waals surface area contributed by atoms with Crippen LogP contribution in [0.25, 0.3) is 0 Å². The normalized spacial score (nSPS) is 7.86. The van der Waals surface area contributed by atoms with E-state index in [1.807, 2.05) is 31.2 Å². The molecule has 1 heteroatoms. The summed E-state index contributed by atoms with van der Waals surface area (Å²) in [6.07, 6.45) is 2.02. The van der Waals surface area contributed by atoms with Gasteiger partial charge in [0.1, 0.15) is 5.82 Å². The van der Waals surface area contributed by atoms with Gasteiger partial charge in [0.05, 0.1) is 0 Å². The third-order valence-corrected chi connectivity index (χ3v) is 2.28. The van der Waals surface area contributed by atoms with Crippen LogP contribution in [-0.2, 0) is 6.42 Å². The van der Waals surface area contributed by atoms with E-state index < -0.39 is 0 Å². The van der Waals surface area contributed by atoms with Crippen LogP contribution in [0.2, 0.25) is 0 Å². The van der Waals surface area contributed by atoms with Crippen molar-refractivity contribution in [1.29, 1.82) is 0 Å². The van der Waals surface area contributed by atoms with E-state index in [1.165, 1.54) is 18.1 Å². The van der Waals surface area contributed by atoms with Gasteiger partial charge in [-0.25, -0.2) is 4.39 Å². The van der Waals surface area contributed by atoms with Gasteiger partial charge < -0.3 is 0 Å². The van der Waals surface area contributed by atoms with Crippen LogP contribution in [-0.4, -0.2) is 0 Å². The summed E-state index contributed by atoms with van der Waals surface area (Å²) in [4.78, 5) is 0. The maximum Gasteiger partial charge on any atom is 0.126 e. The second-order valence-electron chi connectivity index (χ2n) is 4.31. The Morgan fingerprint density at radius 1 is 0.762 bits per heavy atom. The summed E-state index contributed by atoms with van der Waals surface area (Å²) >= 11 is 0. The van der Waals surface area contributed by atoms with Crippen molar-refractivity contribution in [3.63, 3.8) is 0 Å². The monoisotopic (exact) mass is 292 g/mol. The predicted octanol–water partition coefficient (Wildman–Crippen LogP) is 7.07. The molecule has 2 aromatic carbocycles. The Morgan fingerprint density at radius 3 is 1.48 bits per heavy atom. The molecule has 0 radical (unpaired) electrons. The van der Waals surface area contributed by atoms with Crippen molar-refractivity contribution in [3.05, 3.63) is 71.5 Å². The predicted molar refractivity (Wildman–Crippen MR) is 96.4 cm³/mol. The molecule has 2 aromatic rings. The van der Waals surface area contributed by atoms with E-state index >= 15 is 0 Å². The SMILES string of the molecule is C.C.CCC.CCc1ccccc1F.Cc1ccccc1. The molecule has 0 aliphatic carbocycles. The summed E-state index contributed by atoms with van der Waals surface area (Å²) in [6.45, 7) is 8.28. The van der Waals surface area contributed by atoms with E-state index in [-0.39, 0.29) is 20.7 Å². The summed E-state index contributed by atoms with van der Waals surface area (Å²) < 4.78 is 12.6. The van der Waals surface area contributed by atoms with Gasteiger partial charge in [0, 0.05) is 0 Å². The van der Waals surface area contributed by atoms with Crippen LogP contribution in [0.3, 0.4) is 0 Å².